The minimum Gasteiger partial charge on any atom is -0.493 e. The van der Waals surface area contributed by atoms with Gasteiger partial charge >= 0.3 is 5.97 Å². The van der Waals surface area contributed by atoms with Crippen molar-refractivity contribution in [3.63, 3.8) is 0 Å². The Morgan fingerprint density at radius 2 is 1.90 bits per heavy atom. The molecule has 2 N–H and O–H groups in total. The number of aromatic nitrogens is 4. The van der Waals surface area contributed by atoms with E-state index >= 15 is 0 Å². The highest BCUT2D eigenvalue weighted by molar-refractivity contribution is 6.30. The molecule has 0 saturated heterocycles. The molecule has 0 aliphatic rings. The molecule has 0 fully saturated rings. The number of carboxylic acids is 1. The zero-order valence-electron chi connectivity index (χ0n) is 10.6. The maximum atomic E-state index is 11.1. The molecule has 0 saturated carbocycles. The summed E-state index contributed by atoms with van der Waals surface area (Å²) >= 11 is 5.79. The van der Waals surface area contributed by atoms with E-state index in [1.165, 1.54) is 23.2 Å². The van der Waals surface area contributed by atoms with Crippen molar-refractivity contribution < 1.29 is 15.0 Å². The molecule has 8 heteroatoms. The van der Waals surface area contributed by atoms with Crippen LogP contribution in [0.15, 0.2) is 30.7 Å². The summed E-state index contributed by atoms with van der Waals surface area (Å²) in [5.74, 6) is -0.910. The number of rotatable bonds is 3. The topological polar surface area (TPSA) is 101 Å². The van der Waals surface area contributed by atoms with E-state index in [1.54, 1.807) is 12.1 Å². The van der Waals surface area contributed by atoms with Gasteiger partial charge < -0.3 is 10.2 Å². The fourth-order valence-electron chi connectivity index (χ4n) is 2.11. The molecular formula is C13H9ClN4O3. The number of hydrogen-bond donors (Lipinski definition) is 2. The van der Waals surface area contributed by atoms with Gasteiger partial charge in [-0.15, -0.1) is 0 Å². The van der Waals surface area contributed by atoms with Crippen LogP contribution in [0.5, 0.6) is 5.88 Å². The van der Waals surface area contributed by atoms with Crippen molar-refractivity contribution in [2.24, 2.45) is 0 Å². The number of fused-ring (bicyclic) bond motifs is 1. The molecule has 0 amide bonds. The third kappa shape index (κ3) is 2.27. The molecule has 3 rings (SSSR count). The Labute approximate surface area is 123 Å². The van der Waals surface area contributed by atoms with Crippen molar-refractivity contribution in [2.45, 2.75) is 6.42 Å². The molecule has 0 aliphatic heterocycles. The maximum absolute atomic E-state index is 11.1. The van der Waals surface area contributed by atoms with E-state index in [-0.39, 0.29) is 17.8 Å². The van der Waals surface area contributed by atoms with Crippen molar-refractivity contribution in [2.75, 3.05) is 0 Å². The molecule has 0 aliphatic carbocycles. The summed E-state index contributed by atoms with van der Waals surface area (Å²) in [6.45, 7) is 0. The maximum Gasteiger partial charge on any atom is 0.309 e. The van der Waals surface area contributed by atoms with Crippen LogP contribution >= 0.6 is 11.6 Å². The molecular weight excluding hydrogens is 296 g/mol. The number of aromatic hydroxyl groups is 1. The number of nitrogens with zero attached hydrogens (tertiary/aromatic N) is 4. The van der Waals surface area contributed by atoms with Gasteiger partial charge in [0.25, 0.3) is 0 Å². The summed E-state index contributed by atoms with van der Waals surface area (Å²) < 4.78 is 1.31. The molecule has 0 spiro atoms. The van der Waals surface area contributed by atoms with Gasteiger partial charge in [0.05, 0.1) is 17.1 Å². The fraction of sp³-hybridized carbons (Fsp3) is 0.0769. The Morgan fingerprint density at radius 3 is 2.52 bits per heavy atom. The Kier molecular flexibility index (Phi) is 3.19. The summed E-state index contributed by atoms with van der Waals surface area (Å²) in [6.07, 6.45) is 3.95. The van der Waals surface area contributed by atoms with Crippen molar-refractivity contribution in [3.8, 4) is 11.7 Å². The van der Waals surface area contributed by atoms with Crippen LogP contribution in [0.3, 0.4) is 0 Å². The summed E-state index contributed by atoms with van der Waals surface area (Å²) in [7, 11) is 0. The SMILES string of the molecule is O=C(O)Cc1c2nccnc2c(O)n1-c1ccc(Cl)cn1. The molecule has 3 heterocycles. The van der Waals surface area contributed by atoms with E-state index in [9.17, 15) is 9.90 Å². The van der Waals surface area contributed by atoms with Crippen molar-refractivity contribution in [1.29, 1.82) is 0 Å². The second-order valence-corrected chi connectivity index (χ2v) is 4.70. The summed E-state index contributed by atoms with van der Waals surface area (Å²) in [4.78, 5) is 23.3. The first-order valence-electron chi connectivity index (χ1n) is 5.95. The van der Waals surface area contributed by atoms with Crippen LogP contribution < -0.4 is 0 Å². The van der Waals surface area contributed by atoms with E-state index in [0.29, 0.717) is 22.1 Å². The van der Waals surface area contributed by atoms with E-state index in [0.717, 1.165) is 0 Å². The van der Waals surface area contributed by atoms with Gasteiger partial charge in [-0.1, -0.05) is 11.6 Å². The number of halogens is 1. The van der Waals surface area contributed by atoms with Gasteiger partial charge in [-0.05, 0) is 12.1 Å². The molecule has 0 aromatic carbocycles. The first-order chi connectivity index (χ1) is 10.1. The summed E-state index contributed by atoms with van der Waals surface area (Å²) in [5.41, 5.74) is 0.859. The molecule has 0 bridgehead atoms. The largest absolute Gasteiger partial charge is 0.493 e. The zero-order chi connectivity index (χ0) is 15.0. The van der Waals surface area contributed by atoms with Crippen molar-refractivity contribution in [1.82, 2.24) is 19.5 Å². The van der Waals surface area contributed by atoms with Gasteiger partial charge in [0.2, 0.25) is 5.88 Å². The van der Waals surface area contributed by atoms with Crippen LogP contribution in [-0.4, -0.2) is 35.7 Å². The number of carboxylic acid groups (broad SMARTS) is 1. The monoisotopic (exact) mass is 304 g/mol. The Hall–Kier alpha value is -2.67. The van der Waals surface area contributed by atoms with Crippen LogP contribution in [0.1, 0.15) is 5.69 Å². The van der Waals surface area contributed by atoms with Crippen LogP contribution in [-0.2, 0) is 11.2 Å². The van der Waals surface area contributed by atoms with E-state index in [4.69, 9.17) is 16.7 Å². The third-order valence-corrected chi connectivity index (χ3v) is 3.15. The highest BCUT2D eigenvalue weighted by Crippen LogP contribution is 2.31. The van der Waals surface area contributed by atoms with Gasteiger partial charge in [0.1, 0.15) is 11.3 Å². The lowest BCUT2D eigenvalue weighted by Crippen LogP contribution is -2.08. The zero-order valence-corrected chi connectivity index (χ0v) is 11.3. The predicted octanol–water partition coefficient (Wildman–Crippen LogP) is 1.80. The van der Waals surface area contributed by atoms with Crippen LogP contribution in [0.4, 0.5) is 0 Å². The summed E-state index contributed by atoms with van der Waals surface area (Å²) in [6, 6.07) is 3.17. The fourth-order valence-corrected chi connectivity index (χ4v) is 2.22. The normalized spacial score (nSPS) is 10.9. The van der Waals surface area contributed by atoms with Gasteiger partial charge in [0, 0.05) is 18.6 Å². The lowest BCUT2D eigenvalue weighted by Gasteiger charge is -2.07. The first-order valence-corrected chi connectivity index (χ1v) is 6.32. The Bertz CT molecular complexity index is 829. The molecule has 106 valence electrons. The molecule has 0 unspecified atom stereocenters. The van der Waals surface area contributed by atoms with Gasteiger partial charge in [0.15, 0.2) is 5.52 Å². The smallest absolute Gasteiger partial charge is 0.309 e. The summed E-state index contributed by atoms with van der Waals surface area (Å²) in [5, 5.41) is 19.8. The van der Waals surface area contributed by atoms with Crippen molar-refractivity contribution >= 4 is 28.6 Å². The Balaban J connectivity index is 2.31. The predicted molar refractivity (Wildman–Crippen MR) is 74.7 cm³/mol. The average Bonchev–Trinajstić information content (AvgIpc) is 2.73. The average molecular weight is 305 g/mol. The quantitative estimate of drug-likeness (QED) is 0.765. The number of aliphatic carboxylic acids is 1. The molecule has 7 nitrogen and oxygen atoms in total. The highest BCUT2D eigenvalue weighted by Gasteiger charge is 2.22. The number of pyridine rings is 1. The first kappa shape index (κ1) is 13.3. The molecule has 21 heavy (non-hydrogen) atoms. The standard InChI is InChI=1S/C13H9ClN4O3/c14-7-1-2-9(17-6-7)18-8(5-10(19)20)11-12(13(18)21)16-4-3-15-11/h1-4,6,21H,5H2,(H,19,20). The van der Waals surface area contributed by atoms with Crippen LogP contribution in [0.25, 0.3) is 16.9 Å². The van der Waals surface area contributed by atoms with Crippen molar-refractivity contribution in [3.05, 3.63) is 41.4 Å². The lowest BCUT2D eigenvalue weighted by atomic mass is 10.2. The van der Waals surface area contributed by atoms with E-state index in [1.807, 2.05) is 0 Å². The third-order valence-electron chi connectivity index (χ3n) is 2.92. The minimum atomic E-state index is -1.05. The highest BCUT2D eigenvalue weighted by atomic mass is 35.5. The lowest BCUT2D eigenvalue weighted by molar-refractivity contribution is -0.136. The molecule has 0 atom stereocenters. The van der Waals surface area contributed by atoms with Gasteiger partial charge in [-0.3, -0.25) is 14.3 Å². The molecule has 0 radical (unpaired) electrons. The van der Waals surface area contributed by atoms with Gasteiger partial charge in [-0.25, -0.2) is 9.97 Å². The minimum absolute atomic E-state index is 0.204. The Morgan fingerprint density at radius 1 is 1.19 bits per heavy atom. The second-order valence-electron chi connectivity index (χ2n) is 4.26. The molecule has 3 aromatic rings. The van der Waals surface area contributed by atoms with E-state index < -0.39 is 5.97 Å². The van der Waals surface area contributed by atoms with E-state index in [2.05, 4.69) is 15.0 Å². The number of hydrogen-bond acceptors (Lipinski definition) is 5. The van der Waals surface area contributed by atoms with Gasteiger partial charge in [-0.2, -0.15) is 0 Å². The number of carbonyl (C=O) groups is 1. The molecule has 3 aromatic heterocycles. The van der Waals surface area contributed by atoms with Crippen LogP contribution in [0, 0.1) is 0 Å². The second kappa shape index (κ2) is 5.02. The van der Waals surface area contributed by atoms with Crippen LogP contribution in [0.2, 0.25) is 5.02 Å².